The van der Waals surface area contributed by atoms with E-state index in [4.69, 9.17) is 0 Å². The third-order valence-corrected chi connectivity index (χ3v) is 3.47. The molecule has 0 bridgehead atoms. The second-order valence-corrected chi connectivity index (χ2v) is 4.90. The quantitative estimate of drug-likeness (QED) is 0.877. The Morgan fingerprint density at radius 2 is 1.81 bits per heavy atom. The molecule has 0 fully saturated rings. The fraction of sp³-hybridized carbons (Fsp3) is 0.118. The maximum Gasteiger partial charge on any atom is 0.274 e. The lowest BCUT2D eigenvalue weighted by Gasteiger charge is -2.02. The van der Waals surface area contributed by atoms with Crippen molar-refractivity contribution in [1.29, 1.82) is 0 Å². The summed E-state index contributed by atoms with van der Waals surface area (Å²) in [6.45, 7) is 1.86. The molecule has 104 valence electrons. The van der Waals surface area contributed by atoms with Crippen molar-refractivity contribution in [3.8, 4) is 0 Å². The maximum absolute atomic E-state index is 12.2. The van der Waals surface area contributed by atoms with Crippen molar-refractivity contribution < 1.29 is 9.59 Å². The van der Waals surface area contributed by atoms with Gasteiger partial charge in [0.05, 0.1) is 5.69 Å². The van der Waals surface area contributed by atoms with Crippen LogP contribution in [0.1, 0.15) is 21.5 Å². The molecule has 1 amide bonds. The fourth-order valence-corrected chi connectivity index (χ4v) is 2.38. The van der Waals surface area contributed by atoms with Crippen LogP contribution in [0.25, 0.3) is 0 Å². The van der Waals surface area contributed by atoms with Crippen molar-refractivity contribution in [2.75, 3.05) is 11.9 Å². The number of ketones is 1. The smallest absolute Gasteiger partial charge is 0.274 e. The summed E-state index contributed by atoms with van der Waals surface area (Å²) >= 11 is 0. The number of carbonyl (C=O) groups is 2. The summed E-state index contributed by atoms with van der Waals surface area (Å²) in [7, 11) is 0. The lowest BCUT2D eigenvalue weighted by atomic mass is 10.0. The number of nitrogens with zero attached hydrogens (tertiary/aromatic N) is 1. The Hall–Kier alpha value is -2.75. The van der Waals surface area contributed by atoms with Crippen LogP contribution in [0.5, 0.6) is 0 Å². The molecule has 1 aliphatic rings. The number of carbonyl (C=O) groups excluding carboxylic acids is 2. The zero-order valence-electron chi connectivity index (χ0n) is 11.6. The molecule has 0 atom stereocenters. The van der Waals surface area contributed by atoms with Crippen molar-refractivity contribution in [2.45, 2.75) is 6.92 Å². The summed E-state index contributed by atoms with van der Waals surface area (Å²) in [4.78, 5) is 28.3. The van der Waals surface area contributed by atoms with Crippen molar-refractivity contribution in [2.24, 2.45) is 4.99 Å². The number of amides is 1. The van der Waals surface area contributed by atoms with Gasteiger partial charge in [0.1, 0.15) is 12.3 Å². The predicted octanol–water partition coefficient (Wildman–Crippen LogP) is 2.62. The second kappa shape index (κ2) is 5.32. The highest BCUT2D eigenvalue weighted by atomic mass is 16.2. The molecule has 1 aliphatic heterocycles. The summed E-state index contributed by atoms with van der Waals surface area (Å²) in [5.41, 5.74) is 3.38. The van der Waals surface area contributed by atoms with Gasteiger partial charge in [-0.25, -0.2) is 0 Å². The number of hydrogen-bond acceptors (Lipinski definition) is 3. The van der Waals surface area contributed by atoms with Crippen LogP contribution < -0.4 is 5.32 Å². The van der Waals surface area contributed by atoms with Crippen LogP contribution in [0.15, 0.2) is 53.5 Å². The molecule has 0 saturated heterocycles. The number of aryl methyl sites for hydroxylation is 1. The van der Waals surface area contributed by atoms with E-state index >= 15 is 0 Å². The van der Waals surface area contributed by atoms with E-state index in [-0.39, 0.29) is 18.2 Å². The number of rotatable bonds is 3. The van der Waals surface area contributed by atoms with E-state index in [1.54, 1.807) is 6.07 Å². The number of hydrogen-bond donors (Lipinski definition) is 1. The van der Waals surface area contributed by atoms with Gasteiger partial charge in [-0.3, -0.25) is 14.6 Å². The van der Waals surface area contributed by atoms with Crippen molar-refractivity contribution in [3.63, 3.8) is 0 Å². The Morgan fingerprint density at radius 3 is 2.62 bits per heavy atom. The van der Waals surface area contributed by atoms with Crippen LogP contribution in [-0.2, 0) is 4.79 Å². The van der Waals surface area contributed by atoms with Gasteiger partial charge >= 0.3 is 0 Å². The third kappa shape index (κ3) is 2.48. The molecule has 4 nitrogen and oxygen atoms in total. The molecular formula is C17H14N2O2. The van der Waals surface area contributed by atoms with Crippen molar-refractivity contribution in [1.82, 2.24) is 0 Å². The molecule has 1 N–H and O–H groups in total. The monoisotopic (exact) mass is 278 g/mol. The minimum absolute atomic E-state index is 0.0259. The SMILES string of the molecule is Cc1ccccc1C(=O)CN=C1C(=O)Nc2ccccc21. The highest BCUT2D eigenvalue weighted by Crippen LogP contribution is 2.22. The maximum atomic E-state index is 12.2. The summed E-state index contributed by atoms with van der Waals surface area (Å²) in [6.07, 6.45) is 0. The third-order valence-electron chi connectivity index (χ3n) is 3.47. The first kappa shape index (κ1) is 13.2. The minimum atomic E-state index is -0.256. The predicted molar refractivity (Wildman–Crippen MR) is 82.0 cm³/mol. The number of aliphatic imine (C=N–C) groups is 1. The molecule has 3 rings (SSSR count). The number of anilines is 1. The Morgan fingerprint density at radius 1 is 1.10 bits per heavy atom. The van der Waals surface area contributed by atoms with E-state index in [1.165, 1.54) is 0 Å². The fourth-order valence-electron chi connectivity index (χ4n) is 2.38. The van der Waals surface area contributed by atoms with E-state index in [2.05, 4.69) is 10.3 Å². The molecule has 0 radical (unpaired) electrons. The molecular weight excluding hydrogens is 264 g/mol. The highest BCUT2D eigenvalue weighted by molar-refractivity contribution is 6.53. The van der Waals surface area contributed by atoms with Crippen LogP contribution in [0.2, 0.25) is 0 Å². The van der Waals surface area contributed by atoms with Gasteiger partial charge in [0.15, 0.2) is 5.78 Å². The summed E-state index contributed by atoms with van der Waals surface area (Å²) in [5, 5.41) is 2.74. The van der Waals surface area contributed by atoms with Crippen LogP contribution in [-0.4, -0.2) is 23.9 Å². The zero-order chi connectivity index (χ0) is 14.8. The number of Topliss-reactive ketones (excluding diaryl/α,β-unsaturated/α-hetero) is 1. The topological polar surface area (TPSA) is 58.5 Å². The molecule has 0 aliphatic carbocycles. The first-order valence-corrected chi connectivity index (χ1v) is 6.71. The largest absolute Gasteiger partial charge is 0.320 e. The van der Waals surface area contributed by atoms with Gasteiger partial charge in [0.25, 0.3) is 5.91 Å². The molecule has 0 aromatic heterocycles. The van der Waals surface area contributed by atoms with Crippen LogP contribution in [0.3, 0.4) is 0 Å². The highest BCUT2D eigenvalue weighted by Gasteiger charge is 2.25. The molecule has 0 saturated carbocycles. The van der Waals surface area contributed by atoms with E-state index in [0.717, 1.165) is 16.8 Å². The Kier molecular flexibility index (Phi) is 3.36. The second-order valence-electron chi connectivity index (χ2n) is 4.90. The zero-order valence-corrected chi connectivity index (χ0v) is 11.6. The Labute approximate surface area is 122 Å². The molecule has 4 heteroatoms. The average Bonchev–Trinajstić information content (AvgIpc) is 2.81. The lowest BCUT2D eigenvalue weighted by Crippen LogP contribution is -2.16. The average molecular weight is 278 g/mol. The van der Waals surface area contributed by atoms with Crippen molar-refractivity contribution in [3.05, 3.63) is 65.2 Å². The molecule has 1 heterocycles. The Balaban J connectivity index is 1.86. The summed E-state index contributed by atoms with van der Waals surface area (Å²) in [5.74, 6) is -0.341. The van der Waals surface area contributed by atoms with Crippen molar-refractivity contribution >= 4 is 23.1 Å². The van der Waals surface area contributed by atoms with E-state index in [9.17, 15) is 9.59 Å². The number of benzene rings is 2. The molecule has 0 unspecified atom stereocenters. The van der Waals surface area contributed by atoms with Crippen LogP contribution >= 0.6 is 0 Å². The standard InChI is InChI=1S/C17H14N2O2/c1-11-6-2-3-7-12(11)15(20)10-18-16-13-8-4-5-9-14(13)19-17(16)21/h2-9H,10H2,1H3,(H,18,19,21). The number of para-hydroxylation sites is 1. The first-order chi connectivity index (χ1) is 10.2. The lowest BCUT2D eigenvalue weighted by molar-refractivity contribution is -0.110. The van der Waals surface area contributed by atoms with Gasteiger partial charge in [-0.2, -0.15) is 0 Å². The number of fused-ring (bicyclic) bond motifs is 1. The van der Waals surface area contributed by atoms with Gasteiger partial charge in [-0.15, -0.1) is 0 Å². The van der Waals surface area contributed by atoms with Gasteiger partial charge in [0, 0.05) is 11.1 Å². The van der Waals surface area contributed by atoms with Crippen LogP contribution in [0, 0.1) is 6.92 Å². The Bertz CT molecular complexity index is 763. The van der Waals surface area contributed by atoms with Crippen LogP contribution in [0.4, 0.5) is 5.69 Å². The molecule has 0 spiro atoms. The van der Waals surface area contributed by atoms with Gasteiger partial charge in [-0.1, -0.05) is 42.5 Å². The van der Waals surface area contributed by atoms with Gasteiger partial charge in [-0.05, 0) is 18.6 Å². The number of nitrogens with one attached hydrogen (secondary N) is 1. The minimum Gasteiger partial charge on any atom is -0.320 e. The van der Waals surface area contributed by atoms with E-state index in [0.29, 0.717) is 11.3 Å². The van der Waals surface area contributed by atoms with E-state index in [1.807, 2.05) is 49.4 Å². The normalized spacial score (nSPS) is 14.9. The molecule has 21 heavy (non-hydrogen) atoms. The molecule has 2 aromatic rings. The van der Waals surface area contributed by atoms with E-state index < -0.39 is 0 Å². The van der Waals surface area contributed by atoms with Gasteiger partial charge in [0.2, 0.25) is 0 Å². The van der Waals surface area contributed by atoms with Gasteiger partial charge < -0.3 is 5.32 Å². The summed E-state index contributed by atoms with van der Waals surface area (Å²) in [6, 6.07) is 14.7. The summed E-state index contributed by atoms with van der Waals surface area (Å²) < 4.78 is 0. The molecule has 2 aromatic carbocycles. The first-order valence-electron chi connectivity index (χ1n) is 6.71.